The summed E-state index contributed by atoms with van der Waals surface area (Å²) in [4.78, 5) is 0. The lowest BCUT2D eigenvalue weighted by molar-refractivity contribution is 0.404. The van der Waals surface area contributed by atoms with Gasteiger partial charge in [-0.2, -0.15) is 11.3 Å². The first kappa shape index (κ1) is 13.1. The van der Waals surface area contributed by atoms with E-state index in [4.69, 9.17) is 10.5 Å². The zero-order valence-electron chi connectivity index (χ0n) is 10.8. The Balaban J connectivity index is 2.08. The molecule has 3 heteroatoms. The van der Waals surface area contributed by atoms with E-state index in [1.165, 1.54) is 11.1 Å². The first-order valence-corrected chi connectivity index (χ1v) is 7.06. The molecule has 0 bridgehead atoms. The predicted octanol–water partition coefficient (Wildman–Crippen LogP) is 3.70. The van der Waals surface area contributed by atoms with Crippen molar-refractivity contribution in [2.24, 2.45) is 5.73 Å². The highest BCUT2D eigenvalue weighted by Crippen LogP contribution is 2.27. The van der Waals surface area contributed by atoms with E-state index in [9.17, 15) is 0 Å². The lowest BCUT2D eigenvalue weighted by Crippen LogP contribution is -2.12. The van der Waals surface area contributed by atoms with E-state index in [-0.39, 0.29) is 6.04 Å². The monoisotopic (exact) mass is 261 g/mol. The van der Waals surface area contributed by atoms with Crippen LogP contribution in [-0.4, -0.2) is 7.11 Å². The van der Waals surface area contributed by atoms with Gasteiger partial charge in [0.2, 0.25) is 0 Å². The molecule has 0 aliphatic carbocycles. The van der Waals surface area contributed by atoms with Crippen LogP contribution >= 0.6 is 11.3 Å². The van der Waals surface area contributed by atoms with Crippen molar-refractivity contribution in [3.05, 3.63) is 51.7 Å². The van der Waals surface area contributed by atoms with Crippen molar-refractivity contribution in [1.29, 1.82) is 0 Å². The molecule has 0 aliphatic heterocycles. The smallest absolute Gasteiger partial charge is 0.123 e. The average Bonchev–Trinajstić information content (AvgIpc) is 2.89. The Morgan fingerprint density at radius 1 is 1.33 bits per heavy atom. The highest BCUT2D eigenvalue weighted by molar-refractivity contribution is 7.07. The van der Waals surface area contributed by atoms with Gasteiger partial charge in [0.15, 0.2) is 0 Å². The zero-order valence-corrected chi connectivity index (χ0v) is 11.7. The van der Waals surface area contributed by atoms with Crippen LogP contribution in [0.25, 0.3) is 0 Å². The molecule has 0 spiro atoms. The molecule has 1 unspecified atom stereocenters. The van der Waals surface area contributed by atoms with E-state index in [0.717, 1.165) is 24.2 Å². The van der Waals surface area contributed by atoms with Gasteiger partial charge in [-0.25, -0.2) is 0 Å². The van der Waals surface area contributed by atoms with Gasteiger partial charge in [0.1, 0.15) is 5.75 Å². The van der Waals surface area contributed by atoms with Gasteiger partial charge in [-0.05, 0) is 48.2 Å². The van der Waals surface area contributed by atoms with Crippen LogP contribution in [0.5, 0.6) is 5.75 Å². The van der Waals surface area contributed by atoms with Gasteiger partial charge in [0, 0.05) is 11.6 Å². The molecule has 1 aromatic heterocycles. The van der Waals surface area contributed by atoms with Crippen molar-refractivity contribution in [3.63, 3.8) is 0 Å². The number of aryl methyl sites for hydroxylation is 2. The first-order chi connectivity index (χ1) is 8.70. The molecular weight excluding hydrogens is 242 g/mol. The van der Waals surface area contributed by atoms with Crippen molar-refractivity contribution in [2.45, 2.75) is 25.8 Å². The molecule has 0 amide bonds. The number of thiophene rings is 1. The molecule has 2 nitrogen and oxygen atoms in total. The van der Waals surface area contributed by atoms with E-state index < -0.39 is 0 Å². The van der Waals surface area contributed by atoms with E-state index in [1.807, 2.05) is 12.1 Å². The maximum Gasteiger partial charge on any atom is 0.123 e. The third-order valence-electron chi connectivity index (χ3n) is 3.11. The number of hydrogen-bond acceptors (Lipinski definition) is 3. The van der Waals surface area contributed by atoms with Gasteiger partial charge >= 0.3 is 0 Å². The molecule has 2 rings (SSSR count). The van der Waals surface area contributed by atoms with Crippen molar-refractivity contribution in [3.8, 4) is 5.75 Å². The molecule has 96 valence electrons. The fourth-order valence-corrected chi connectivity index (χ4v) is 2.76. The summed E-state index contributed by atoms with van der Waals surface area (Å²) in [6, 6.07) is 8.35. The zero-order chi connectivity index (χ0) is 13.0. The summed E-state index contributed by atoms with van der Waals surface area (Å²) in [5, 5.41) is 4.29. The topological polar surface area (TPSA) is 35.2 Å². The van der Waals surface area contributed by atoms with Gasteiger partial charge in [0.25, 0.3) is 0 Å². The third-order valence-corrected chi connectivity index (χ3v) is 3.84. The minimum absolute atomic E-state index is 0.0275. The summed E-state index contributed by atoms with van der Waals surface area (Å²) >= 11 is 1.73. The van der Waals surface area contributed by atoms with Crippen molar-refractivity contribution in [1.82, 2.24) is 0 Å². The number of benzene rings is 1. The summed E-state index contributed by atoms with van der Waals surface area (Å²) in [6.07, 6.45) is 1.96. The Labute approximate surface area is 112 Å². The minimum Gasteiger partial charge on any atom is -0.496 e. The summed E-state index contributed by atoms with van der Waals surface area (Å²) in [5.74, 6) is 0.887. The fourth-order valence-electron chi connectivity index (χ4n) is 2.06. The molecular formula is C15H19NOS. The molecule has 18 heavy (non-hydrogen) atoms. The summed E-state index contributed by atoms with van der Waals surface area (Å²) in [6.45, 7) is 2.08. The lowest BCUT2D eigenvalue weighted by Gasteiger charge is -2.16. The van der Waals surface area contributed by atoms with Crippen LogP contribution in [-0.2, 0) is 6.42 Å². The molecule has 1 atom stereocenters. The normalized spacial score (nSPS) is 12.4. The van der Waals surface area contributed by atoms with E-state index in [2.05, 4.69) is 29.8 Å². The number of ether oxygens (including phenoxy) is 1. The first-order valence-electron chi connectivity index (χ1n) is 6.12. The van der Waals surface area contributed by atoms with Crippen LogP contribution in [0, 0.1) is 6.92 Å². The number of hydrogen-bond donors (Lipinski definition) is 1. The quantitative estimate of drug-likeness (QED) is 0.890. The second-order valence-electron chi connectivity index (χ2n) is 4.52. The molecule has 0 aliphatic rings. The van der Waals surface area contributed by atoms with Gasteiger partial charge in [-0.3, -0.25) is 0 Å². The molecule has 0 fully saturated rings. The second-order valence-corrected chi connectivity index (χ2v) is 5.30. The third kappa shape index (κ3) is 3.12. The van der Waals surface area contributed by atoms with Gasteiger partial charge in [0.05, 0.1) is 7.11 Å². The van der Waals surface area contributed by atoms with Crippen molar-refractivity contribution in [2.75, 3.05) is 7.11 Å². The van der Waals surface area contributed by atoms with Crippen LogP contribution in [0.15, 0.2) is 35.0 Å². The van der Waals surface area contributed by atoms with Gasteiger partial charge < -0.3 is 10.5 Å². The number of methoxy groups -OCH3 is 1. The molecule has 0 radical (unpaired) electrons. The largest absolute Gasteiger partial charge is 0.496 e. The van der Waals surface area contributed by atoms with Crippen molar-refractivity contribution < 1.29 is 4.74 Å². The standard InChI is InChI=1S/C15H19NOS/c1-11-3-6-15(17-2)13(9-11)14(16)5-4-12-7-8-18-10-12/h3,6-10,14H,4-5,16H2,1-2H3. The van der Waals surface area contributed by atoms with Crippen LogP contribution in [0.3, 0.4) is 0 Å². The Kier molecular flexibility index (Phi) is 4.39. The van der Waals surface area contributed by atoms with Gasteiger partial charge in [-0.15, -0.1) is 0 Å². The summed E-state index contributed by atoms with van der Waals surface area (Å²) in [7, 11) is 1.69. The van der Waals surface area contributed by atoms with Crippen LogP contribution in [0.2, 0.25) is 0 Å². The van der Waals surface area contributed by atoms with Crippen molar-refractivity contribution >= 4 is 11.3 Å². The average molecular weight is 261 g/mol. The molecule has 2 aromatic rings. The Morgan fingerprint density at radius 2 is 2.17 bits per heavy atom. The Bertz CT molecular complexity index is 493. The fraction of sp³-hybridized carbons (Fsp3) is 0.333. The molecule has 0 saturated heterocycles. The highest BCUT2D eigenvalue weighted by atomic mass is 32.1. The molecule has 1 aromatic carbocycles. The molecule has 0 saturated carbocycles. The van der Waals surface area contributed by atoms with E-state index in [0.29, 0.717) is 0 Å². The Hall–Kier alpha value is -1.32. The van der Waals surface area contributed by atoms with E-state index in [1.54, 1.807) is 18.4 Å². The summed E-state index contributed by atoms with van der Waals surface area (Å²) < 4.78 is 5.38. The number of nitrogens with two attached hydrogens (primary N) is 1. The van der Waals surface area contributed by atoms with Gasteiger partial charge in [-0.1, -0.05) is 17.7 Å². The van der Waals surface area contributed by atoms with Crippen LogP contribution in [0.1, 0.15) is 29.2 Å². The maximum absolute atomic E-state index is 6.28. The lowest BCUT2D eigenvalue weighted by atomic mass is 9.98. The minimum atomic E-state index is 0.0275. The predicted molar refractivity (Wildman–Crippen MR) is 77.3 cm³/mol. The Morgan fingerprint density at radius 3 is 2.83 bits per heavy atom. The maximum atomic E-state index is 6.28. The number of rotatable bonds is 5. The highest BCUT2D eigenvalue weighted by Gasteiger charge is 2.12. The molecule has 2 N–H and O–H groups in total. The molecule has 1 heterocycles. The van der Waals surface area contributed by atoms with E-state index >= 15 is 0 Å². The van der Waals surface area contributed by atoms with Crippen LogP contribution in [0.4, 0.5) is 0 Å². The second kappa shape index (κ2) is 6.03. The summed E-state index contributed by atoms with van der Waals surface area (Å²) in [5.41, 5.74) is 9.97. The van der Waals surface area contributed by atoms with Crippen LogP contribution < -0.4 is 10.5 Å². The SMILES string of the molecule is COc1ccc(C)cc1C(N)CCc1ccsc1.